The van der Waals surface area contributed by atoms with Gasteiger partial charge in [0.2, 0.25) is 0 Å². The van der Waals surface area contributed by atoms with Gasteiger partial charge in [-0.15, -0.1) is 0 Å². The van der Waals surface area contributed by atoms with E-state index in [4.69, 9.17) is 9.47 Å². The summed E-state index contributed by atoms with van der Waals surface area (Å²) in [6, 6.07) is 0. The van der Waals surface area contributed by atoms with Crippen LogP contribution in [0.1, 0.15) is 0 Å². The van der Waals surface area contributed by atoms with Crippen LogP contribution in [0, 0.1) is 0 Å². The van der Waals surface area contributed by atoms with Gasteiger partial charge in [0.15, 0.2) is 0 Å². The number of rotatable bonds is 16. The van der Waals surface area contributed by atoms with Crippen molar-refractivity contribution in [3.05, 3.63) is 0 Å². The number of aliphatic hydroxyl groups excluding tert-OH is 1. The van der Waals surface area contributed by atoms with Crippen molar-refractivity contribution >= 4 is 35.3 Å². The summed E-state index contributed by atoms with van der Waals surface area (Å²) >= 11 is 4.47. The van der Waals surface area contributed by atoms with E-state index in [1.54, 1.807) is 14.7 Å². The molecule has 0 aliphatic carbocycles. The fourth-order valence-electron chi connectivity index (χ4n) is 3.76. The summed E-state index contributed by atoms with van der Waals surface area (Å²) in [6.45, 7) is 4.20. The topological polar surface area (TPSA) is 176 Å². The van der Waals surface area contributed by atoms with Crippen LogP contribution < -0.4 is 0 Å². The van der Waals surface area contributed by atoms with E-state index in [-0.39, 0.29) is 32.8 Å². The molecule has 0 bridgehead atoms. The van der Waals surface area contributed by atoms with Gasteiger partial charge >= 0.3 is 17.9 Å². The van der Waals surface area contributed by atoms with Gasteiger partial charge in [-0.25, -0.2) is 4.99 Å². The van der Waals surface area contributed by atoms with Crippen LogP contribution >= 0.6 is 12.2 Å². The van der Waals surface area contributed by atoms with E-state index in [1.165, 1.54) is 0 Å². The molecular formula is C22H39N5O9S. The smallest absolute Gasteiger partial charge is 0.317 e. The van der Waals surface area contributed by atoms with E-state index >= 15 is 0 Å². The highest BCUT2D eigenvalue weighted by atomic mass is 32.1. The van der Waals surface area contributed by atoms with E-state index in [0.29, 0.717) is 78.7 Å². The molecule has 212 valence electrons. The van der Waals surface area contributed by atoms with Gasteiger partial charge in [0.25, 0.3) is 0 Å². The minimum atomic E-state index is -1.00. The Balaban J connectivity index is 2.71. The number of aliphatic carboxylic acids is 3. The fraction of sp³-hybridized carbons (Fsp3) is 0.818. The van der Waals surface area contributed by atoms with E-state index in [1.807, 2.05) is 4.90 Å². The summed E-state index contributed by atoms with van der Waals surface area (Å²) in [5.74, 6) is -2.97. The van der Waals surface area contributed by atoms with Gasteiger partial charge in [0, 0.05) is 58.9 Å². The Kier molecular flexibility index (Phi) is 17.8. The third-order valence-electron chi connectivity index (χ3n) is 5.57. The molecule has 0 aromatic rings. The second kappa shape index (κ2) is 20.0. The number of hydrogen-bond acceptors (Lipinski definition) is 12. The molecule has 1 saturated heterocycles. The zero-order chi connectivity index (χ0) is 27.5. The third kappa shape index (κ3) is 17.9. The highest BCUT2D eigenvalue weighted by molar-refractivity contribution is 7.78. The second-order valence-corrected chi connectivity index (χ2v) is 8.81. The first-order chi connectivity index (χ1) is 17.7. The number of nitrogens with zero attached hydrogens (tertiary/aromatic N) is 5. The third-order valence-corrected chi connectivity index (χ3v) is 5.70. The lowest BCUT2D eigenvalue weighted by molar-refractivity contribution is -0.140. The molecule has 14 nitrogen and oxygen atoms in total. The van der Waals surface area contributed by atoms with Gasteiger partial charge in [-0.3, -0.25) is 34.0 Å². The molecule has 0 aromatic carbocycles. The van der Waals surface area contributed by atoms with Crippen molar-refractivity contribution in [1.29, 1.82) is 0 Å². The molecule has 4 N–H and O–H groups in total. The highest BCUT2D eigenvalue weighted by Gasteiger charge is 2.21. The van der Waals surface area contributed by atoms with Gasteiger partial charge in [0.05, 0.1) is 63.9 Å². The summed E-state index contributed by atoms with van der Waals surface area (Å²) < 4.78 is 10.8. The summed E-state index contributed by atoms with van der Waals surface area (Å²) in [4.78, 5) is 44.8. The molecule has 1 rings (SSSR count). The Bertz CT molecular complexity index is 709. The van der Waals surface area contributed by atoms with E-state index in [0.717, 1.165) is 0 Å². The quantitative estimate of drug-likeness (QED) is 0.0941. The van der Waals surface area contributed by atoms with Crippen molar-refractivity contribution in [3.63, 3.8) is 0 Å². The molecule has 0 amide bonds. The van der Waals surface area contributed by atoms with Crippen molar-refractivity contribution < 1.29 is 44.3 Å². The minimum absolute atomic E-state index is 0.0831. The number of aliphatic hydroxyl groups is 1. The first kappa shape index (κ1) is 33.0. The monoisotopic (exact) mass is 549 g/mol. The van der Waals surface area contributed by atoms with Crippen LogP contribution in [0.3, 0.4) is 0 Å². The van der Waals surface area contributed by atoms with Crippen LogP contribution in [0.15, 0.2) is 4.99 Å². The Morgan fingerprint density at radius 1 is 0.730 bits per heavy atom. The minimum Gasteiger partial charge on any atom is -0.480 e. The molecule has 1 unspecified atom stereocenters. The maximum Gasteiger partial charge on any atom is 0.317 e. The molecule has 0 aromatic heterocycles. The summed E-state index contributed by atoms with van der Waals surface area (Å²) in [5, 5.41) is 40.5. The van der Waals surface area contributed by atoms with Gasteiger partial charge in [-0.05, 0) is 12.2 Å². The average Bonchev–Trinajstić information content (AvgIpc) is 2.81. The van der Waals surface area contributed by atoms with Crippen molar-refractivity contribution in [2.24, 2.45) is 4.99 Å². The zero-order valence-electron chi connectivity index (χ0n) is 21.1. The number of ether oxygens (including phenoxy) is 2. The largest absolute Gasteiger partial charge is 0.480 e. The standard InChI is InChI=1S/C22H39N5O9S/c28-19(17-36-12-11-35-10-1-23-18-37)13-24-2-4-25(14-20(29)30)6-8-27(16-22(33)34)9-7-26(5-3-24)15-21(31)32/h19,28H,1-17H2,(H,29,30)(H,31,32)(H,33,34). The van der Waals surface area contributed by atoms with E-state index in [2.05, 4.69) is 22.4 Å². The van der Waals surface area contributed by atoms with E-state index in [9.17, 15) is 34.8 Å². The summed E-state index contributed by atoms with van der Waals surface area (Å²) in [6.07, 6.45) is -0.806. The van der Waals surface area contributed by atoms with Crippen molar-refractivity contribution in [3.8, 4) is 0 Å². The van der Waals surface area contributed by atoms with Crippen LogP contribution in [0.4, 0.5) is 0 Å². The summed E-state index contributed by atoms with van der Waals surface area (Å²) in [5.41, 5.74) is 0. The fourth-order valence-corrected chi connectivity index (χ4v) is 3.85. The number of isothiocyanates is 1. The van der Waals surface area contributed by atoms with Crippen LogP contribution in [0.2, 0.25) is 0 Å². The molecular weight excluding hydrogens is 510 g/mol. The first-order valence-electron chi connectivity index (χ1n) is 12.1. The lowest BCUT2D eigenvalue weighted by Crippen LogP contribution is -2.49. The molecule has 1 heterocycles. The Morgan fingerprint density at radius 3 is 1.54 bits per heavy atom. The Hall–Kier alpha value is -2.07. The lowest BCUT2D eigenvalue weighted by Gasteiger charge is -2.33. The summed E-state index contributed by atoms with van der Waals surface area (Å²) in [7, 11) is 0. The van der Waals surface area contributed by atoms with Crippen LogP contribution in [-0.2, 0) is 23.9 Å². The maximum absolute atomic E-state index is 11.3. The van der Waals surface area contributed by atoms with Crippen LogP contribution in [0.25, 0.3) is 0 Å². The van der Waals surface area contributed by atoms with Crippen molar-refractivity contribution in [2.45, 2.75) is 6.10 Å². The predicted molar refractivity (Wildman–Crippen MR) is 136 cm³/mol. The number of aliphatic imine (C=N–C) groups is 1. The number of thiocarbonyl (C=S) groups is 1. The predicted octanol–water partition coefficient (Wildman–Crippen LogP) is -2.04. The van der Waals surface area contributed by atoms with Crippen molar-refractivity contribution in [1.82, 2.24) is 19.6 Å². The average molecular weight is 550 g/mol. The molecule has 0 radical (unpaired) electrons. The molecule has 1 aliphatic rings. The molecule has 1 fully saturated rings. The Morgan fingerprint density at radius 2 is 1.14 bits per heavy atom. The van der Waals surface area contributed by atoms with Crippen molar-refractivity contribution in [2.75, 3.05) is 112 Å². The van der Waals surface area contributed by atoms with Gasteiger partial charge in [-0.2, -0.15) is 0 Å². The van der Waals surface area contributed by atoms with Gasteiger partial charge in [0.1, 0.15) is 0 Å². The lowest BCUT2D eigenvalue weighted by atomic mass is 10.3. The number of carboxylic acids is 3. The number of carbonyl (C=O) groups is 3. The Labute approximate surface area is 222 Å². The molecule has 1 atom stereocenters. The molecule has 15 heteroatoms. The van der Waals surface area contributed by atoms with E-state index < -0.39 is 24.0 Å². The maximum atomic E-state index is 11.3. The normalized spacial score (nSPS) is 18.3. The second-order valence-electron chi connectivity index (χ2n) is 8.62. The highest BCUT2D eigenvalue weighted by Crippen LogP contribution is 2.03. The molecule has 1 aliphatic heterocycles. The number of carboxylic acid groups (broad SMARTS) is 3. The zero-order valence-corrected chi connectivity index (χ0v) is 21.9. The van der Waals surface area contributed by atoms with Crippen LogP contribution in [0.5, 0.6) is 0 Å². The first-order valence-corrected chi connectivity index (χ1v) is 12.5. The molecule has 0 spiro atoms. The number of β-amino-alcohol motifs (C(OH)–C–C–N with tert-alkyl or cyclic N) is 1. The van der Waals surface area contributed by atoms with Gasteiger partial charge in [-0.1, -0.05) is 0 Å². The SMILES string of the molecule is O=C(O)CN1CCN(CC(=O)O)CCN(CC(O)COCCOCCN=C=S)CCN(CC(=O)O)CC1. The molecule has 37 heavy (non-hydrogen) atoms. The number of hydrogen-bond donors (Lipinski definition) is 4. The molecule has 0 saturated carbocycles. The van der Waals surface area contributed by atoms with Crippen LogP contribution in [-0.4, -0.2) is 181 Å². The van der Waals surface area contributed by atoms with Gasteiger partial charge < -0.3 is 29.9 Å².